The molecule has 0 spiro atoms. The number of nitrogens with zero attached hydrogens (tertiary/aromatic N) is 1. The van der Waals surface area contributed by atoms with E-state index in [9.17, 15) is 0 Å². The van der Waals surface area contributed by atoms with Crippen LogP contribution < -0.4 is 4.74 Å². The molecule has 3 heteroatoms. The summed E-state index contributed by atoms with van der Waals surface area (Å²) in [7, 11) is 2.08. The number of rotatable bonds is 2. The second-order valence-corrected chi connectivity index (χ2v) is 3.85. The summed E-state index contributed by atoms with van der Waals surface area (Å²) in [5.74, 6) is 0.866. The number of benzene rings is 1. The fraction of sp³-hybridized carbons (Fsp3) is 0.400. The molecule has 0 atom stereocenters. The van der Waals surface area contributed by atoms with Crippen LogP contribution in [-0.2, 0) is 0 Å². The maximum absolute atomic E-state index is 5.83. The first-order valence-electron chi connectivity index (χ1n) is 4.35. The fourth-order valence-corrected chi connectivity index (χ4v) is 1.63. The van der Waals surface area contributed by atoms with Crippen molar-refractivity contribution in [2.75, 3.05) is 20.1 Å². The minimum absolute atomic E-state index is 0.337. The monoisotopic (exact) mass is 197 g/mol. The lowest BCUT2D eigenvalue weighted by molar-refractivity contribution is 0.0388. The summed E-state index contributed by atoms with van der Waals surface area (Å²) < 4.78 is 5.68. The highest BCUT2D eigenvalue weighted by Gasteiger charge is 2.24. The van der Waals surface area contributed by atoms with Crippen LogP contribution in [0.15, 0.2) is 24.3 Å². The molecule has 1 saturated heterocycles. The maximum Gasteiger partial charge on any atom is 0.124 e. The smallest absolute Gasteiger partial charge is 0.124 e. The molecule has 2 rings (SSSR count). The lowest BCUT2D eigenvalue weighted by atomic mass is 10.2. The molecule has 13 heavy (non-hydrogen) atoms. The van der Waals surface area contributed by atoms with Crippen molar-refractivity contribution in [1.82, 2.24) is 4.90 Å². The lowest BCUT2D eigenvalue weighted by Gasteiger charge is -2.35. The van der Waals surface area contributed by atoms with Crippen LogP contribution in [0, 0.1) is 0 Å². The van der Waals surface area contributed by atoms with Crippen molar-refractivity contribution in [3.8, 4) is 5.75 Å². The van der Waals surface area contributed by atoms with Gasteiger partial charge in [-0.25, -0.2) is 0 Å². The Bertz CT molecular complexity index is 297. The largest absolute Gasteiger partial charge is 0.488 e. The zero-order chi connectivity index (χ0) is 9.26. The second kappa shape index (κ2) is 3.56. The minimum atomic E-state index is 0.337. The highest BCUT2D eigenvalue weighted by Crippen LogP contribution is 2.20. The Morgan fingerprint density at radius 1 is 1.46 bits per heavy atom. The van der Waals surface area contributed by atoms with Crippen LogP contribution in [0.1, 0.15) is 0 Å². The molecular weight excluding hydrogens is 186 g/mol. The van der Waals surface area contributed by atoms with Gasteiger partial charge < -0.3 is 4.74 Å². The third-order valence-corrected chi connectivity index (χ3v) is 2.36. The quantitative estimate of drug-likeness (QED) is 0.720. The summed E-state index contributed by atoms with van der Waals surface area (Å²) in [5.41, 5.74) is 0. The molecule has 0 amide bonds. The molecule has 1 fully saturated rings. The molecule has 0 radical (unpaired) electrons. The van der Waals surface area contributed by atoms with Gasteiger partial charge in [0, 0.05) is 18.1 Å². The highest BCUT2D eigenvalue weighted by molar-refractivity contribution is 6.30. The Kier molecular flexibility index (Phi) is 2.42. The van der Waals surface area contributed by atoms with Crippen molar-refractivity contribution >= 4 is 11.6 Å². The van der Waals surface area contributed by atoms with Crippen LogP contribution in [0.25, 0.3) is 0 Å². The van der Waals surface area contributed by atoms with Gasteiger partial charge in [-0.1, -0.05) is 17.7 Å². The minimum Gasteiger partial charge on any atom is -0.488 e. The van der Waals surface area contributed by atoms with E-state index in [0.29, 0.717) is 6.10 Å². The summed E-state index contributed by atoms with van der Waals surface area (Å²) in [6.45, 7) is 2.01. The maximum atomic E-state index is 5.83. The predicted octanol–water partition coefficient (Wildman–Crippen LogP) is 2.03. The number of hydrogen-bond acceptors (Lipinski definition) is 2. The normalized spacial score (nSPS) is 18.3. The molecule has 1 aromatic carbocycles. The number of ether oxygens (including phenoxy) is 1. The van der Waals surface area contributed by atoms with Gasteiger partial charge in [-0.05, 0) is 25.2 Å². The molecule has 0 N–H and O–H groups in total. The third kappa shape index (κ3) is 2.14. The van der Waals surface area contributed by atoms with Gasteiger partial charge >= 0.3 is 0 Å². The van der Waals surface area contributed by atoms with Gasteiger partial charge in [-0.2, -0.15) is 0 Å². The van der Waals surface area contributed by atoms with Crippen LogP contribution in [-0.4, -0.2) is 31.1 Å². The van der Waals surface area contributed by atoms with E-state index in [-0.39, 0.29) is 0 Å². The standard InChI is InChI=1S/C10H12ClNO/c1-12-6-10(7-12)13-9-4-2-3-8(11)5-9/h2-5,10H,6-7H2,1H3. The van der Waals surface area contributed by atoms with E-state index >= 15 is 0 Å². The van der Waals surface area contributed by atoms with E-state index < -0.39 is 0 Å². The van der Waals surface area contributed by atoms with Gasteiger partial charge in [0.2, 0.25) is 0 Å². The van der Waals surface area contributed by atoms with Crippen LogP contribution in [0.4, 0.5) is 0 Å². The van der Waals surface area contributed by atoms with E-state index in [4.69, 9.17) is 16.3 Å². The molecule has 1 heterocycles. The molecule has 1 aromatic rings. The lowest BCUT2D eigenvalue weighted by Crippen LogP contribution is -2.51. The summed E-state index contributed by atoms with van der Waals surface area (Å²) in [5, 5.41) is 0.727. The van der Waals surface area contributed by atoms with Crippen LogP contribution in [0.2, 0.25) is 5.02 Å². The van der Waals surface area contributed by atoms with E-state index in [2.05, 4.69) is 11.9 Å². The zero-order valence-corrected chi connectivity index (χ0v) is 8.29. The summed E-state index contributed by atoms with van der Waals surface area (Å²) in [4.78, 5) is 2.22. The van der Waals surface area contributed by atoms with Crippen molar-refractivity contribution in [1.29, 1.82) is 0 Å². The Morgan fingerprint density at radius 2 is 2.23 bits per heavy atom. The fourth-order valence-electron chi connectivity index (χ4n) is 1.45. The first-order chi connectivity index (χ1) is 6.24. The van der Waals surface area contributed by atoms with Gasteiger partial charge in [0.1, 0.15) is 11.9 Å². The van der Waals surface area contributed by atoms with Crippen molar-refractivity contribution in [2.45, 2.75) is 6.10 Å². The van der Waals surface area contributed by atoms with Crippen LogP contribution >= 0.6 is 11.6 Å². The SMILES string of the molecule is CN1CC(Oc2cccc(Cl)c2)C1. The molecule has 1 aliphatic rings. The van der Waals surface area contributed by atoms with E-state index in [0.717, 1.165) is 23.9 Å². The van der Waals surface area contributed by atoms with Crippen molar-refractivity contribution in [3.63, 3.8) is 0 Å². The number of hydrogen-bond donors (Lipinski definition) is 0. The molecule has 0 saturated carbocycles. The summed E-state index contributed by atoms with van der Waals surface area (Å²) >= 11 is 5.83. The number of likely N-dealkylation sites (N-methyl/N-ethyl adjacent to an activating group) is 1. The molecule has 0 bridgehead atoms. The predicted molar refractivity (Wildman–Crippen MR) is 53.4 cm³/mol. The molecule has 0 unspecified atom stereocenters. The Balaban J connectivity index is 1.94. The molecule has 70 valence electrons. The second-order valence-electron chi connectivity index (χ2n) is 3.42. The van der Waals surface area contributed by atoms with Gasteiger partial charge in [-0.15, -0.1) is 0 Å². The van der Waals surface area contributed by atoms with Crippen LogP contribution in [0.3, 0.4) is 0 Å². The number of likely N-dealkylation sites (tertiary alicyclic amines) is 1. The first kappa shape index (κ1) is 8.85. The zero-order valence-electron chi connectivity index (χ0n) is 7.53. The van der Waals surface area contributed by atoms with E-state index in [1.54, 1.807) is 0 Å². The molecule has 1 aliphatic heterocycles. The average molecular weight is 198 g/mol. The Morgan fingerprint density at radius 3 is 2.85 bits per heavy atom. The van der Waals surface area contributed by atoms with Gasteiger partial charge in [0.25, 0.3) is 0 Å². The topological polar surface area (TPSA) is 12.5 Å². The first-order valence-corrected chi connectivity index (χ1v) is 4.72. The summed E-state index contributed by atoms with van der Waals surface area (Å²) in [6.07, 6.45) is 0.337. The van der Waals surface area contributed by atoms with Gasteiger partial charge in [-0.3, -0.25) is 4.90 Å². The van der Waals surface area contributed by atoms with E-state index in [1.807, 2.05) is 24.3 Å². The highest BCUT2D eigenvalue weighted by atomic mass is 35.5. The Labute approximate surface area is 83.1 Å². The molecule has 0 aromatic heterocycles. The Hall–Kier alpha value is -0.730. The van der Waals surface area contributed by atoms with Crippen molar-refractivity contribution in [3.05, 3.63) is 29.3 Å². The molecular formula is C10H12ClNO. The van der Waals surface area contributed by atoms with Gasteiger partial charge in [0.15, 0.2) is 0 Å². The average Bonchev–Trinajstić information content (AvgIpc) is 2.01. The van der Waals surface area contributed by atoms with Crippen molar-refractivity contribution in [2.24, 2.45) is 0 Å². The molecule has 0 aliphatic carbocycles. The number of halogens is 1. The summed E-state index contributed by atoms with van der Waals surface area (Å²) in [6, 6.07) is 7.53. The molecule has 2 nitrogen and oxygen atoms in total. The van der Waals surface area contributed by atoms with E-state index in [1.165, 1.54) is 0 Å². The van der Waals surface area contributed by atoms with Gasteiger partial charge in [0.05, 0.1) is 0 Å². The van der Waals surface area contributed by atoms with Crippen LogP contribution in [0.5, 0.6) is 5.75 Å². The van der Waals surface area contributed by atoms with Crippen molar-refractivity contribution < 1.29 is 4.74 Å². The third-order valence-electron chi connectivity index (χ3n) is 2.13.